The normalized spacial score (nSPS) is 10.9. The van der Waals surface area contributed by atoms with Crippen molar-refractivity contribution in [2.24, 2.45) is 0 Å². The van der Waals surface area contributed by atoms with Crippen molar-refractivity contribution in [3.05, 3.63) is 103 Å². The summed E-state index contributed by atoms with van der Waals surface area (Å²) in [6.45, 7) is 2.21. The van der Waals surface area contributed by atoms with Crippen molar-refractivity contribution in [3.63, 3.8) is 0 Å². The summed E-state index contributed by atoms with van der Waals surface area (Å²) in [6, 6.07) is 24.9. The van der Waals surface area contributed by atoms with Gasteiger partial charge in [-0.2, -0.15) is 0 Å². The van der Waals surface area contributed by atoms with Crippen LogP contribution in [0.1, 0.15) is 12.0 Å². The first-order valence-electron chi connectivity index (χ1n) is 13.3. The molecule has 5 rings (SSSR count). The van der Waals surface area contributed by atoms with E-state index < -0.39 is 24.1 Å². The van der Waals surface area contributed by atoms with Crippen LogP contribution >= 0.6 is 11.3 Å². The number of methoxy groups -OCH3 is 1. The number of pyridine rings is 1. The fourth-order valence-corrected chi connectivity index (χ4v) is 5.26. The van der Waals surface area contributed by atoms with Crippen LogP contribution < -0.4 is 20.7 Å². The molecule has 0 unspecified atom stereocenters. The summed E-state index contributed by atoms with van der Waals surface area (Å²) in [4.78, 5) is 29.9. The van der Waals surface area contributed by atoms with Crippen molar-refractivity contribution < 1.29 is 23.5 Å². The Hall–Kier alpha value is -4.64. The van der Waals surface area contributed by atoms with Crippen LogP contribution in [-0.2, 0) is 20.9 Å². The fraction of sp³-hybridized carbons (Fsp3) is 0.156. The number of rotatable bonds is 12. The van der Waals surface area contributed by atoms with Gasteiger partial charge >= 0.3 is 0 Å². The first-order valence-corrected chi connectivity index (χ1v) is 14.1. The molecule has 3 N–H and O–H groups in total. The van der Waals surface area contributed by atoms with Gasteiger partial charge in [-0.15, -0.1) is 11.3 Å². The lowest BCUT2D eigenvalue weighted by molar-refractivity contribution is -0.123. The number of thiophene rings is 1. The second-order valence-electron chi connectivity index (χ2n) is 9.39. The smallest absolute Gasteiger partial charge is 0.233 e. The number of hydrogen-bond acceptors (Lipinski definition) is 7. The average Bonchev–Trinajstić information content (AvgIpc) is 3.43. The van der Waals surface area contributed by atoms with Crippen LogP contribution in [0.25, 0.3) is 20.7 Å². The maximum Gasteiger partial charge on any atom is 0.233 e. The number of benzene rings is 3. The summed E-state index contributed by atoms with van der Waals surface area (Å²) in [5.41, 5.74) is 3.77. The number of amides is 2. The van der Waals surface area contributed by atoms with E-state index in [0.29, 0.717) is 18.0 Å². The third kappa shape index (κ3) is 7.55. The van der Waals surface area contributed by atoms with Gasteiger partial charge in [0.2, 0.25) is 11.8 Å². The van der Waals surface area contributed by atoms with Crippen LogP contribution in [0.5, 0.6) is 11.5 Å². The van der Waals surface area contributed by atoms with Crippen LogP contribution in [0.15, 0.2) is 91.1 Å². The Morgan fingerprint density at radius 3 is 2.38 bits per heavy atom. The zero-order valence-corrected chi connectivity index (χ0v) is 23.7. The average molecular weight is 585 g/mol. The Morgan fingerprint density at radius 2 is 1.64 bits per heavy atom. The summed E-state index contributed by atoms with van der Waals surface area (Å²) < 4.78 is 26.8. The lowest BCUT2D eigenvalue weighted by atomic mass is 10.1. The molecule has 0 spiro atoms. The van der Waals surface area contributed by atoms with Gasteiger partial charge in [-0.3, -0.25) is 14.6 Å². The summed E-state index contributed by atoms with van der Waals surface area (Å²) in [5, 5.41) is 8.52. The van der Waals surface area contributed by atoms with Gasteiger partial charge in [-0.1, -0.05) is 42.5 Å². The molecule has 0 bridgehead atoms. The topological polar surface area (TPSA) is 102 Å². The van der Waals surface area contributed by atoms with Crippen molar-refractivity contribution in [1.82, 2.24) is 10.3 Å². The zero-order valence-electron chi connectivity index (χ0n) is 22.9. The van der Waals surface area contributed by atoms with Crippen molar-refractivity contribution in [3.8, 4) is 21.9 Å². The molecule has 10 heteroatoms. The molecular formula is C32H29FN4O4S. The van der Waals surface area contributed by atoms with E-state index in [9.17, 15) is 14.0 Å². The molecule has 3 aromatic carbocycles. The number of carbonyl (C=O) groups is 2. The maximum atomic E-state index is 15.0. The minimum atomic E-state index is -0.655. The summed E-state index contributed by atoms with van der Waals surface area (Å²) in [7, 11) is 1.68. The molecule has 2 amide bonds. The predicted molar refractivity (Wildman–Crippen MR) is 163 cm³/mol. The van der Waals surface area contributed by atoms with Gasteiger partial charge < -0.3 is 25.4 Å². The van der Waals surface area contributed by atoms with E-state index in [1.807, 2.05) is 12.1 Å². The maximum absolute atomic E-state index is 15.0. The number of para-hydroxylation sites is 1. The minimum Gasteiger partial charge on any atom is -0.453 e. The highest BCUT2D eigenvalue weighted by atomic mass is 32.1. The quantitative estimate of drug-likeness (QED) is 0.113. The molecule has 0 fully saturated rings. The fourth-order valence-electron chi connectivity index (χ4n) is 4.19. The lowest BCUT2D eigenvalue weighted by Crippen LogP contribution is -2.21. The Morgan fingerprint density at radius 1 is 0.881 bits per heavy atom. The van der Waals surface area contributed by atoms with Gasteiger partial charge in [-0.05, 0) is 41.5 Å². The van der Waals surface area contributed by atoms with Gasteiger partial charge in [0.15, 0.2) is 11.6 Å². The van der Waals surface area contributed by atoms with E-state index in [-0.39, 0.29) is 11.4 Å². The molecule has 2 aromatic heterocycles. The number of ether oxygens (including phenoxy) is 2. The van der Waals surface area contributed by atoms with Gasteiger partial charge in [0, 0.05) is 54.8 Å². The number of hydrogen-bond donors (Lipinski definition) is 3. The first-order chi connectivity index (χ1) is 20.5. The highest BCUT2D eigenvalue weighted by molar-refractivity contribution is 7.22. The number of carbonyl (C=O) groups excluding carboxylic acids is 2. The van der Waals surface area contributed by atoms with Crippen LogP contribution in [0.4, 0.5) is 15.8 Å². The van der Waals surface area contributed by atoms with Crippen molar-refractivity contribution in [1.29, 1.82) is 0 Å². The third-order valence-electron chi connectivity index (χ3n) is 6.24. The third-order valence-corrected chi connectivity index (χ3v) is 7.43. The number of nitrogens with one attached hydrogen (secondary N) is 3. The van der Waals surface area contributed by atoms with E-state index in [4.69, 9.17) is 9.47 Å². The molecule has 214 valence electrons. The highest BCUT2D eigenvalue weighted by Crippen LogP contribution is 2.39. The number of aromatic nitrogens is 1. The van der Waals surface area contributed by atoms with E-state index in [1.165, 1.54) is 29.0 Å². The lowest BCUT2D eigenvalue weighted by Gasteiger charge is -2.10. The number of fused-ring (bicyclic) bond motifs is 1. The molecule has 2 heterocycles. The molecule has 0 aliphatic carbocycles. The van der Waals surface area contributed by atoms with Crippen LogP contribution in [0, 0.1) is 5.82 Å². The molecule has 0 aliphatic heterocycles. The molecule has 5 aromatic rings. The Kier molecular flexibility index (Phi) is 9.50. The monoisotopic (exact) mass is 584 g/mol. The predicted octanol–water partition coefficient (Wildman–Crippen LogP) is 6.60. The summed E-state index contributed by atoms with van der Waals surface area (Å²) in [6.07, 6.45) is 1.22. The number of anilines is 2. The van der Waals surface area contributed by atoms with Gasteiger partial charge in [0.05, 0.1) is 16.8 Å². The number of nitrogens with zero attached hydrogens (tertiary/aromatic N) is 1. The molecule has 0 radical (unpaired) electrons. The molecule has 8 nitrogen and oxygen atoms in total. The summed E-state index contributed by atoms with van der Waals surface area (Å²) in [5.74, 6) is -1.21. The Bertz CT molecular complexity index is 1680. The largest absolute Gasteiger partial charge is 0.453 e. The molecule has 42 heavy (non-hydrogen) atoms. The van der Waals surface area contributed by atoms with Gasteiger partial charge in [0.25, 0.3) is 0 Å². The SMILES string of the molecule is COCCNCc1ccc(-c2cc3nccc(Oc4ccc(NC(=O)CC(=O)Nc5ccccc5)cc4F)c3s2)cc1. The molecule has 0 aliphatic rings. The van der Waals surface area contributed by atoms with Crippen molar-refractivity contribution >= 4 is 44.7 Å². The minimum absolute atomic E-state index is 0.00240. The van der Waals surface area contributed by atoms with Crippen LogP contribution in [0.3, 0.4) is 0 Å². The molecular weight excluding hydrogens is 555 g/mol. The standard InChI is InChI=1S/C32H29FN4O4S/c1-40-16-15-34-20-21-7-9-22(10-8-21)29-18-26-32(42-29)28(13-14-35-26)41-27-12-11-24(17-25(27)33)37-31(39)19-30(38)36-23-5-3-2-4-6-23/h2-14,17-18,34H,15-16,19-20H2,1H3,(H,36,38)(H,37,39). The second-order valence-corrected chi connectivity index (χ2v) is 10.4. The first kappa shape index (κ1) is 28.9. The highest BCUT2D eigenvalue weighted by Gasteiger charge is 2.15. The number of halogens is 1. The van der Waals surface area contributed by atoms with E-state index in [1.54, 1.807) is 43.6 Å². The Balaban J connectivity index is 1.23. The van der Waals surface area contributed by atoms with Crippen molar-refractivity contribution in [2.45, 2.75) is 13.0 Å². The Labute approximate surface area is 246 Å². The zero-order chi connectivity index (χ0) is 29.3. The van der Waals surface area contributed by atoms with E-state index in [0.717, 1.165) is 39.8 Å². The summed E-state index contributed by atoms with van der Waals surface area (Å²) >= 11 is 1.51. The van der Waals surface area contributed by atoms with Crippen molar-refractivity contribution in [2.75, 3.05) is 30.9 Å². The van der Waals surface area contributed by atoms with Gasteiger partial charge in [0.1, 0.15) is 12.2 Å². The van der Waals surface area contributed by atoms with E-state index >= 15 is 0 Å². The van der Waals surface area contributed by atoms with E-state index in [2.05, 4.69) is 45.2 Å². The molecule has 0 saturated carbocycles. The molecule has 0 atom stereocenters. The second kappa shape index (κ2) is 13.8. The van der Waals surface area contributed by atoms with Crippen LogP contribution in [-0.4, -0.2) is 37.1 Å². The molecule has 0 saturated heterocycles. The van der Waals surface area contributed by atoms with Crippen LogP contribution in [0.2, 0.25) is 0 Å². The van der Waals surface area contributed by atoms with Gasteiger partial charge in [-0.25, -0.2) is 4.39 Å².